The smallest absolute Gasteiger partial charge is 0.235 e. The summed E-state index contributed by atoms with van der Waals surface area (Å²) in [5.41, 5.74) is 1.70. The normalized spacial score (nSPS) is 11.2. The third kappa shape index (κ3) is 2.21. The quantitative estimate of drug-likeness (QED) is 0.761. The number of hydrogen-bond acceptors (Lipinski definition) is 3. The van der Waals surface area contributed by atoms with Crippen LogP contribution in [0.1, 0.15) is 25.3 Å². The van der Waals surface area contributed by atoms with Gasteiger partial charge in [0, 0.05) is 5.56 Å². The van der Waals surface area contributed by atoms with Gasteiger partial charge in [-0.15, -0.1) is 0 Å². The molecular weight excluding hydrogens is 264 g/mol. The molecule has 3 nitrogen and oxygen atoms in total. The molecule has 2 aromatic carbocycles. The van der Waals surface area contributed by atoms with Crippen LogP contribution < -0.4 is 5.43 Å². The molecule has 0 bridgehead atoms. The lowest BCUT2D eigenvalue weighted by molar-refractivity contribution is 0.449. The first-order valence-corrected chi connectivity index (χ1v) is 6.93. The molecule has 0 aliphatic heterocycles. The number of aromatic hydroxyl groups is 1. The summed E-state index contributed by atoms with van der Waals surface area (Å²) in [6.07, 6.45) is 0. The van der Waals surface area contributed by atoms with E-state index < -0.39 is 0 Å². The number of fused-ring (bicyclic) bond motifs is 1. The van der Waals surface area contributed by atoms with Gasteiger partial charge in [-0.05, 0) is 17.5 Å². The Morgan fingerprint density at radius 3 is 2.38 bits per heavy atom. The minimum absolute atomic E-state index is 0.179. The molecule has 0 saturated carbocycles. The Kier molecular flexibility index (Phi) is 3.26. The summed E-state index contributed by atoms with van der Waals surface area (Å²) < 4.78 is 5.80. The fraction of sp³-hybridized carbons (Fsp3) is 0.167. The highest BCUT2D eigenvalue weighted by molar-refractivity contribution is 5.85. The molecule has 0 atom stereocenters. The van der Waals surface area contributed by atoms with Crippen molar-refractivity contribution in [1.29, 1.82) is 0 Å². The summed E-state index contributed by atoms with van der Waals surface area (Å²) in [4.78, 5) is 12.5. The van der Waals surface area contributed by atoms with E-state index in [0.29, 0.717) is 16.5 Å². The summed E-state index contributed by atoms with van der Waals surface area (Å²) in [6.45, 7) is 4.02. The molecule has 0 aliphatic rings. The van der Waals surface area contributed by atoms with E-state index in [2.05, 4.69) is 0 Å². The first-order valence-electron chi connectivity index (χ1n) is 6.93. The van der Waals surface area contributed by atoms with E-state index in [4.69, 9.17) is 4.42 Å². The highest BCUT2D eigenvalue weighted by Gasteiger charge is 2.18. The van der Waals surface area contributed by atoms with Crippen LogP contribution in [0, 0.1) is 0 Å². The molecule has 1 heterocycles. The molecule has 0 saturated heterocycles. The second-order valence-electron chi connectivity index (χ2n) is 5.35. The van der Waals surface area contributed by atoms with Crippen LogP contribution in [0.25, 0.3) is 22.3 Å². The van der Waals surface area contributed by atoms with Crippen molar-refractivity contribution in [1.82, 2.24) is 0 Å². The second-order valence-corrected chi connectivity index (χ2v) is 5.35. The maximum absolute atomic E-state index is 12.5. The van der Waals surface area contributed by atoms with Crippen molar-refractivity contribution in [2.24, 2.45) is 0 Å². The lowest BCUT2D eigenvalue weighted by Gasteiger charge is -2.11. The van der Waals surface area contributed by atoms with Crippen LogP contribution in [0.15, 0.2) is 57.7 Å². The van der Waals surface area contributed by atoms with Gasteiger partial charge < -0.3 is 9.52 Å². The monoisotopic (exact) mass is 280 g/mol. The summed E-state index contributed by atoms with van der Waals surface area (Å²) in [5, 5.41) is 10.7. The van der Waals surface area contributed by atoms with E-state index in [0.717, 1.165) is 5.56 Å². The van der Waals surface area contributed by atoms with Gasteiger partial charge in [0.2, 0.25) is 11.2 Å². The minimum Gasteiger partial charge on any atom is -0.502 e. The fourth-order valence-corrected chi connectivity index (χ4v) is 2.52. The average molecular weight is 280 g/mol. The molecule has 3 rings (SSSR count). The van der Waals surface area contributed by atoms with E-state index in [9.17, 15) is 9.90 Å². The van der Waals surface area contributed by atoms with Gasteiger partial charge in [0.25, 0.3) is 0 Å². The van der Waals surface area contributed by atoms with E-state index in [1.165, 1.54) is 0 Å². The molecule has 0 unspecified atom stereocenters. The number of benzene rings is 2. The van der Waals surface area contributed by atoms with Crippen LogP contribution in [0.3, 0.4) is 0 Å². The van der Waals surface area contributed by atoms with Gasteiger partial charge in [-0.25, -0.2) is 0 Å². The van der Waals surface area contributed by atoms with Gasteiger partial charge in [0.15, 0.2) is 5.76 Å². The van der Waals surface area contributed by atoms with Crippen molar-refractivity contribution in [3.63, 3.8) is 0 Å². The van der Waals surface area contributed by atoms with Crippen LogP contribution in [0.2, 0.25) is 0 Å². The second kappa shape index (κ2) is 5.09. The molecule has 0 fully saturated rings. The molecule has 0 radical (unpaired) electrons. The highest BCUT2D eigenvalue weighted by atomic mass is 16.4. The molecule has 3 aromatic rings. The van der Waals surface area contributed by atoms with Crippen molar-refractivity contribution >= 4 is 11.0 Å². The first-order chi connectivity index (χ1) is 10.1. The summed E-state index contributed by atoms with van der Waals surface area (Å²) in [7, 11) is 0. The number of rotatable bonds is 2. The average Bonchev–Trinajstić information content (AvgIpc) is 2.51. The zero-order valence-corrected chi connectivity index (χ0v) is 12.0. The molecule has 21 heavy (non-hydrogen) atoms. The molecule has 1 N–H and O–H groups in total. The maximum Gasteiger partial charge on any atom is 0.235 e. The van der Waals surface area contributed by atoms with Crippen LogP contribution in [0.4, 0.5) is 0 Å². The van der Waals surface area contributed by atoms with Gasteiger partial charge in [-0.3, -0.25) is 4.79 Å². The largest absolute Gasteiger partial charge is 0.502 e. The Morgan fingerprint density at radius 1 is 1.00 bits per heavy atom. The standard InChI is InChI=1S/C18H16O3/c1-11(2)13-9-6-10-14-15(13)16(19)17(20)18(21-14)12-7-4-3-5-8-12/h3-11,20H,1-2H3. The minimum atomic E-state index is -0.376. The van der Waals surface area contributed by atoms with Gasteiger partial charge in [-0.2, -0.15) is 0 Å². The lowest BCUT2D eigenvalue weighted by atomic mass is 9.98. The van der Waals surface area contributed by atoms with Crippen LogP contribution in [-0.2, 0) is 0 Å². The summed E-state index contributed by atoms with van der Waals surface area (Å²) in [5.74, 6) is 0.0642. The summed E-state index contributed by atoms with van der Waals surface area (Å²) in [6, 6.07) is 14.7. The fourth-order valence-electron chi connectivity index (χ4n) is 2.52. The van der Waals surface area contributed by atoms with Crippen LogP contribution >= 0.6 is 0 Å². The third-order valence-electron chi connectivity index (χ3n) is 3.59. The van der Waals surface area contributed by atoms with Crippen LogP contribution in [0.5, 0.6) is 5.75 Å². The number of hydrogen-bond donors (Lipinski definition) is 1. The van der Waals surface area contributed by atoms with Gasteiger partial charge in [-0.1, -0.05) is 56.3 Å². The molecule has 3 heteroatoms. The van der Waals surface area contributed by atoms with Crippen LogP contribution in [-0.4, -0.2) is 5.11 Å². The van der Waals surface area contributed by atoms with E-state index in [-0.39, 0.29) is 22.9 Å². The summed E-state index contributed by atoms with van der Waals surface area (Å²) >= 11 is 0. The molecule has 0 amide bonds. The predicted octanol–water partition coefficient (Wildman–Crippen LogP) is 4.29. The van der Waals surface area contributed by atoms with Gasteiger partial charge >= 0.3 is 0 Å². The lowest BCUT2D eigenvalue weighted by Crippen LogP contribution is -2.06. The topological polar surface area (TPSA) is 50.4 Å². The Morgan fingerprint density at radius 2 is 1.71 bits per heavy atom. The van der Waals surface area contributed by atoms with Crippen molar-refractivity contribution in [3.05, 3.63) is 64.3 Å². The molecular formula is C18H16O3. The van der Waals surface area contributed by atoms with Gasteiger partial charge in [0.1, 0.15) is 5.58 Å². The van der Waals surface area contributed by atoms with Crippen molar-refractivity contribution in [2.45, 2.75) is 19.8 Å². The Labute approximate surface area is 122 Å². The Hall–Kier alpha value is -2.55. The molecule has 1 aromatic heterocycles. The van der Waals surface area contributed by atoms with E-state index >= 15 is 0 Å². The highest BCUT2D eigenvalue weighted by Crippen LogP contribution is 2.32. The molecule has 0 spiro atoms. The van der Waals surface area contributed by atoms with Gasteiger partial charge in [0.05, 0.1) is 5.39 Å². The maximum atomic E-state index is 12.5. The third-order valence-corrected chi connectivity index (χ3v) is 3.59. The molecule has 106 valence electrons. The zero-order valence-electron chi connectivity index (χ0n) is 12.0. The van der Waals surface area contributed by atoms with E-state index in [1.807, 2.05) is 44.2 Å². The van der Waals surface area contributed by atoms with Crippen molar-refractivity contribution in [3.8, 4) is 17.1 Å². The van der Waals surface area contributed by atoms with Crippen molar-refractivity contribution < 1.29 is 9.52 Å². The van der Waals surface area contributed by atoms with Crippen molar-refractivity contribution in [2.75, 3.05) is 0 Å². The SMILES string of the molecule is CC(C)c1cccc2oc(-c3ccccc3)c(O)c(=O)c12. The predicted molar refractivity (Wildman–Crippen MR) is 83.7 cm³/mol. The Balaban J connectivity index is 2.38. The first kappa shape index (κ1) is 13.4. The molecule has 0 aliphatic carbocycles. The zero-order chi connectivity index (χ0) is 15.0. The van der Waals surface area contributed by atoms with E-state index in [1.54, 1.807) is 18.2 Å². The Bertz CT molecular complexity index is 845.